The number of fused-ring (bicyclic) bond motifs is 1. The number of hydrogen-bond acceptors (Lipinski definition) is 7. The van der Waals surface area contributed by atoms with Crippen LogP contribution in [-0.2, 0) is 36.7 Å². The van der Waals surface area contributed by atoms with E-state index in [9.17, 15) is 19.5 Å². The van der Waals surface area contributed by atoms with Crippen molar-refractivity contribution in [1.29, 1.82) is 0 Å². The summed E-state index contributed by atoms with van der Waals surface area (Å²) < 4.78 is 22.9. The number of methoxy groups -OCH3 is 1. The van der Waals surface area contributed by atoms with Crippen LogP contribution < -0.4 is 20.8 Å². The minimum atomic E-state index is -1.55. The minimum absolute atomic E-state index is 0.00142. The van der Waals surface area contributed by atoms with Crippen molar-refractivity contribution in [1.82, 2.24) is 15.6 Å². The van der Waals surface area contributed by atoms with Crippen LogP contribution in [0.25, 0.3) is 10.9 Å². The maximum atomic E-state index is 13.8. The first-order valence-electron chi connectivity index (χ1n) is 15.2. The Morgan fingerprint density at radius 3 is 2.21 bits per heavy atom. The number of carbonyl (C=O) groups is 3. The third-order valence-electron chi connectivity index (χ3n) is 8.65. The maximum absolute atomic E-state index is 13.8. The van der Waals surface area contributed by atoms with Crippen molar-refractivity contribution in [2.24, 2.45) is 0 Å². The van der Waals surface area contributed by atoms with Gasteiger partial charge in [0.25, 0.3) is 0 Å². The molecule has 2 amide bonds. The standard InChI is InChI=1S/C34H36BCl2N3O8/c1-33(2)34(3,4)48-35(47-33)22-11-12-23-21(17-38-26(23)16-22)15-27(39-32(44)46-18-19-9-7-6-8-10-19)30(41)40-28(31(42)43)20-13-24(36)29(45-5)25(37)14-20/h6-14,16-17,27-28,38H,15,18H2,1-5H3,(H,39,44)(H,40,41)(H,42,43)/t27-,28?/m1/s1. The van der Waals surface area contributed by atoms with Gasteiger partial charge in [-0.15, -0.1) is 0 Å². The van der Waals surface area contributed by atoms with Gasteiger partial charge >= 0.3 is 19.2 Å². The molecule has 5 rings (SSSR count). The molecule has 11 nitrogen and oxygen atoms in total. The molecule has 0 saturated carbocycles. The van der Waals surface area contributed by atoms with Gasteiger partial charge < -0.3 is 39.5 Å². The molecule has 0 bridgehead atoms. The van der Waals surface area contributed by atoms with Gasteiger partial charge in [0.2, 0.25) is 5.91 Å². The van der Waals surface area contributed by atoms with Gasteiger partial charge in [0.05, 0.1) is 28.4 Å². The summed E-state index contributed by atoms with van der Waals surface area (Å²) in [5.41, 5.74) is 2.11. The second kappa shape index (κ2) is 14.1. The summed E-state index contributed by atoms with van der Waals surface area (Å²) in [6.45, 7) is 7.89. The van der Waals surface area contributed by atoms with Crippen LogP contribution in [0.2, 0.25) is 10.0 Å². The highest BCUT2D eigenvalue weighted by Crippen LogP contribution is 2.37. The molecule has 0 spiro atoms. The van der Waals surface area contributed by atoms with Crippen molar-refractivity contribution < 1.29 is 38.3 Å². The van der Waals surface area contributed by atoms with Gasteiger partial charge in [0, 0.05) is 23.5 Å². The third-order valence-corrected chi connectivity index (χ3v) is 9.22. The average Bonchev–Trinajstić information content (AvgIpc) is 3.53. The first-order valence-corrected chi connectivity index (χ1v) is 15.9. The van der Waals surface area contributed by atoms with Crippen molar-refractivity contribution in [3.8, 4) is 5.75 Å². The highest BCUT2D eigenvalue weighted by molar-refractivity contribution is 6.62. The monoisotopic (exact) mass is 695 g/mol. The second-order valence-electron chi connectivity index (χ2n) is 12.5. The maximum Gasteiger partial charge on any atom is 0.494 e. The number of nitrogens with one attached hydrogen (secondary N) is 3. The van der Waals surface area contributed by atoms with Gasteiger partial charge in [-0.05, 0) is 68.0 Å². The molecule has 1 aromatic heterocycles. The van der Waals surface area contributed by atoms with Crippen molar-refractivity contribution in [2.45, 2.75) is 64.0 Å². The second-order valence-corrected chi connectivity index (χ2v) is 13.3. The number of carboxylic acid groups (broad SMARTS) is 1. The van der Waals surface area contributed by atoms with Crippen LogP contribution in [0, 0.1) is 0 Å². The largest absolute Gasteiger partial charge is 0.494 e. The highest BCUT2D eigenvalue weighted by atomic mass is 35.5. The molecule has 14 heteroatoms. The van der Waals surface area contributed by atoms with E-state index < -0.39 is 48.4 Å². The van der Waals surface area contributed by atoms with Crippen molar-refractivity contribution in [3.63, 3.8) is 0 Å². The zero-order valence-electron chi connectivity index (χ0n) is 27.1. The number of rotatable bonds is 11. The number of aromatic amines is 1. The van der Waals surface area contributed by atoms with Gasteiger partial charge in [-0.1, -0.05) is 65.7 Å². The Morgan fingerprint density at radius 2 is 1.60 bits per heavy atom. The van der Waals surface area contributed by atoms with Crippen LogP contribution in [0.15, 0.2) is 66.9 Å². The van der Waals surface area contributed by atoms with Gasteiger partial charge in [0.15, 0.2) is 11.8 Å². The molecule has 1 aliphatic heterocycles. The lowest BCUT2D eigenvalue weighted by Crippen LogP contribution is -2.50. The van der Waals surface area contributed by atoms with E-state index >= 15 is 0 Å². The molecule has 2 atom stereocenters. The average molecular weight is 696 g/mol. The Morgan fingerprint density at radius 1 is 0.958 bits per heavy atom. The van der Waals surface area contributed by atoms with Gasteiger partial charge in [0.1, 0.15) is 12.6 Å². The summed E-state index contributed by atoms with van der Waals surface area (Å²) in [7, 11) is 0.804. The van der Waals surface area contributed by atoms with Crippen molar-refractivity contribution in [3.05, 3.63) is 93.6 Å². The zero-order valence-corrected chi connectivity index (χ0v) is 28.6. The Hall–Kier alpha value is -4.23. The van der Waals surface area contributed by atoms with E-state index in [0.29, 0.717) is 5.56 Å². The van der Waals surface area contributed by atoms with Crippen LogP contribution in [0.5, 0.6) is 5.75 Å². The molecular formula is C34H36BCl2N3O8. The molecular weight excluding hydrogens is 660 g/mol. The predicted molar refractivity (Wildman–Crippen MR) is 183 cm³/mol. The number of aromatic nitrogens is 1. The fourth-order valence-electron chi connectivity index (χ4n) is 5.31. The first-order chi connectivity index (χ1) is 22.7. The highest BCUT2D eigenvalue weighted by Gasteiger charge is 2.51. The van der Waals surface area contributed by atoms with E-state index in [1.54, 1.807) is 18.3 Å². The molecule has 48 heavy (non-hydrogen) atoms. The molecule has 2 heterocycles. The summed E-state index contributed by atoms with van der Waals surface area (Å²) in [5, 5.41) is 16.1. The molecule has 0 aliphatic carbocycles. The number of alkyl carbamates (subject to hydrolysis) is 1. The predicted octanol–water partition coefficient (Wildman–Crippen LogP) is 5.56. The number of carboxylic acids is 1. The third kappa shape index (κ3) is 7.57. The number of hydrogen-bond donors (Lipinski definition) is 4. The van der Waals surface area contributed by atoms with Crippen LogP contribution in [0.4, 0.5) is 4.79 Å². The molecule has 3 aromatic carbocycles. The Kier molecular flexibility index (Phi) is 10.3. The van der Waals surface area contributed by atoms with E-state index in [2.05, 4.69) is 15.6 Å². The first kappa shape index (κ1) is 35.1. The summed E-state index contributed by atoms with van der Waals surface area (Å²) >= 11 is 12.5. The normalized spacial score (nSPS) is 16.3. The van der Waals surface area contributed by atoms with Gasteiger partial charge in [-0.3, -0.25) is 4.79 Å². The topological polar surface area (TPSA) is 148 Å². The fourth-order valence-corrected chi connectivity index (χ4v) is 5.96. The Balaban J connectivity index is 1.40. The summed E-state index contributed by atoms with van der Waals surface area (Å²) in [5.74, 6) is -1.97. The van der Waals surface area contributed by atoms with Crippen molar-refractivity contribution >= 4 is 64.7 Å². The lowest BCUT2D eigenvalue weighted by atomic mass is 9.78. The Bertz CT molecular complexity index is 1790. The van der Waals surface area contributed by atoms with Crippen LogP contribution in [-0.4, -0.2) is 59.5 Å². The molecule has 0 radical (unpaired) electrons. The number of carbonyl (C=O) groups excluding carboxylic acids is 2. The smallest absolute Gasteiger partial charge is 0.494 e. The van der Waals surface area contributed by atoms with Crippen LogP contribution in [0.1, 0.15) is 50.4 Å². The van der Waals surface area contributed by atoms with E-state index in [-0.39, 0.29) is 34.4 Å². The zero-order chi connectivity index (χ0) is 34.8. The summed E-state index contributed by atoms with van der Waals surface area (Å²) in [4.78, 5) is 42.3. The number of benzene rings is 3. The van der Waals surface area contributed by atoms with Gasteiger partial charge in [-0.2, -0.15) is 0 Å². The number of halogens is 2. The van der Waals surface area contributed by atoms with E-state index in [0.717, 1.165) is 21.9 Å². The molecule has 4 aromatic rings. The SMILES string of the molecule is COc1c(Cl)cc(C(NC(=O)[C@@H](Cc2c[nH]c3cc(B4OC(C)(C)C(C)(C)O4)ccc23)NC(=O)OCc2ccccc2)C(=O)O)cc1Cl. The van der Waals surface area contributed by atoms with Crippen LogP contribution >= 0.6 is 23.2 Å². The number of H-pyrrole nitrogens is 1. The quantitative estimate of drug-likeness (QED) is 0.149. The molecule has 1 aliphatic rings. The molecule has 252 valence electrons. The lowest BCUT2D eigenvalue weighted by Gasteiger charge is -2.32. The van der Waals surface area contributed by atoms with E-state index in [4.69, 9.17) is 42.0 Å². The number of amides is 2. The number of ether oxygens (including phenoxy) is 2. The van der Waals surface area contributed by atoms with Gasteiger partial charge in [-0.25, -0.2) is 9.59 Å². The summed E-state index contributed by atoms with van der Waals surface area (Å²) in [6.07, 6.45) is 0.871. The molecule has 1 unspecified atom stereocenters. The fraction of sp³-hybridized carbons (Fsp3) is 0.324. The molecule has 1 fully saturated rings. The lowest BCUT2D eigenvalue weighted by molar-refractivity contribution is -0.142. The summed E-state index contributed by atoms with van der Waals surface area (Å²) in [6, 6.07) is 14.6. The van der Waals surface area contributed by atoms with Crippen molar-refractivity contribution in [2.75, 3.05) is 7.11 Å². The van der Waals surface area contributed by atoms with E-state index in [1.807, 2.05) is 64.1 Å². The van der Waals surface area contributed by atoms with Crippen LogP contribution in [0.3, 0.4) is 0 Å². The molecule has 4 N–H and O–H groups in total. The Labute approximate surface area is 288 Å². The minimum Gasteiger partial charge on any atom is -0.494 e. The van der Waals surface area contributed by atoms with E-state index in [1.165, 1.54) is 19.2 Å². The molecule has 1 saturated heterocycles. The number of aliphatic carboxylic acids is 1.